The standard InChI is InChI=1S/C21H24F2N2O2/c1-13(2)17-7-5-6-14(3)21(17)24-20(27)10-11-25(15(4)26)19-9-8-16(22)12-18(19)23/h5-9,12-13H,10-11H2,1-4H3,(H,24,27). The third-order valence-corrected chi connectivity index (χ3v) is 4.33. The monoisotopic (exact) mass is 374 g/mol. The number of nitrogens with one attached hydrogen (secondary N) is 1. The molecule has 2 aromatic rings. The second-order valence-electron chi connectivity index (χ2n) is 6.76. The van der Waals surface area contributed by atoms with Gasteiger partial charge in [-0.15, -0.1) is 0 Å². The van der Waals surface area contributed by atoms with Crippen LogP contribution in [-0.2, 0) is 9.59 Å². The van der Waals surface area contributed by atoms with E-state index >= 15 is 0 Å². The van der Waals surface area contributed by atoms with Crippen molar-refractivity contribution in [3.63, 3.8) is 0 Å². The van der Waals surface area contributed by atoms with Crippen molar-refractivity contribution in [3.05, 3.63) is 59.2 Å². The molecule has 0 aliphatic heterocycles. The number of amides is 2. The van der Waals surface area contributed by atoms with Gasteiger partial charge in [-0.2, -0.15) is 0 Å². The van der Waals surface area contributed by atoms with E-state index in [1.54, 1.807) is 0 Å². The number of hydrogen-bond donors (Lipinski definition) is 1. The lowest BCUT2D eigenvalue weighted by molar-refractivity contribution is -0.117. The van der Waals surface area contributed by atoms with Crippen LogP contribution in [0.1, 0.15) is 44.2 Å². The molecule has 0 saturated carbocycles. The number of nitrogens with zero attached hydrogens (tertiary/aromatic N) is 1. The zero-order valence-corrected chi connectivity index (χ0v) is 16.0. The van der Waals surface area contributed by atoms with Crippen molar-refractivity contribution in [3.8, 4) is 0 Å². The topological polar surface area (TPSA) is 49.4 Å². The Morgan fingerprint density at radius 3 is 2.44 bits per heavy atom. The molecule has 0 fully saturated rings. The average molecular weight is 374 g/mol. The highest BCUT2D eigenvalue weighted by Gasteiger charge is 2.18. The van der Waals surface area contributed by atoms with E-state index in [1.165, 1.54) is 13.0 Å². The second-order valence-corrected chi connectivity index (χ2v) is 6.76. The molecule has 1 N–H and O–H groups in total. The summed E-state index contributed by atoms with van der Waals surface area (Å²) >= 11 is 0. The van der Waals surface area contributed by atoms with Gasteiger partial charge in [0.1, 0.15) is 11.6 Å². The van der Waals surface area contributed by atoms with E-state index in [9.17, 15) is 18.4 Å². The number of aryl methyl sites for hydroxylation is 1. The predicted molar refractivity (Wildman–Crippen MR) is 103 cm³/mol. The number of halogens is 2. The van der Waals surface area contributed by atoms with Crippen LogP contribution in [0, 0.1) is 18.6 Å². The van der Waals surface area contributed by atoms with E-state index < -0.39 is 17.5 Å². The number of para-hydroxylation sites is 1. The van der Waals surface area contributed by atoms with Crippen molar-refractivity contribution in [1.82, 2.24) is 0 Å². The number of hydrogen-bond acceptors (Lipinski definition) is 2. The van der Waals surface area contributed by atoms with Gasteiger partial charge in [0.2, 0.25) is 11.8 Å². The van der Waals surface area contributed by atoms with Crippen LogP contribution in [-0.4, -0.2) is 18.4 Å². The van der Waals surface area contributed by atoms with Crippen LogP contribution < -0.4 is 10.2 Å². The normalized spacial score (nSPS) is 10.8. The summed E-state index contributed by atoms with van der Waals surface area (Å²) in [5.74, 6) is -2.03. The van der Waals surface area contributed by atoms with Gasteiger partial charge >= 0.3 is 0 Å². The van der Waals surface area contributed by atoms with Gasteiger partial charge in [-0.25, -0.2) is 8.78 Å². The zero-order valence-electron chi connectivity index (χ0n) is 16.0. The van der Waals surface area contributed by atoms with Gasteiger partial charge in [0, 0.05) is 31.6 Å². The molecule has 0 saturated heterocycles. The fraction of sp³-hybridized carbons (Fsp3) is 0.333. The molecule has 0 aromatic heterocycles. The molecule has 0 atom stereocenters. The molecule has 2 rings (SSSR count). The lowest BCUT2D eigenvalue weighted by Crippen LogP contribution is -2.32. The Balaban J connectivity index is 2.13. The molecular weight excluding hydrogens is 350 g/mol. The molecule has 0 aliphatic rings. The first kappa shape index (κ1) is 20.6. The van der Waals surface area contributed by atoms with Gasteiger partial charge in [-0.3, -0.25) is 9.59 Å². The third kappa shape index (κ3) is 5.12. The van der Waals surface area contributed by atoms with Crippen LogP contribution in [0.4, 0.5) is 20.2 Å². The van der Waals surface area contributed by atoms with Gasteiger partial charge in [0.05, 0.1) is 5.69 Å². The van der Waals surface area contributed by atoms with Crippen molar-refractivity contribution in [1.29, 1.82) is 0 Å². The van der Waals surface area contributed by atoms with E-state index in [4.69, 9.17) is 0 Å². The average Bonchev–Trinajstić information content (AvgIpc) is 2.58. The van der Waals surface area contributed by atoms with Gasteiger partial charge < -0.3 is 10.2 Å². The first-order valence-electron chi connectivity index (χ1n) is 8.83. The number of benzene rings is 2. The maximum absolute atomic E-state index is 14.0. The van der Waals surface area contributed by atoms with E-state index in [0.29, 0.717) is 6.07 Å². The Kier molecular flexibility index (Phi) is 6.66. The summed E-state index contributed by atoms with van der Waals surface area (Å²) in [5.41, 5.74) is 2.69. The van der Waals surface area contributed by atoms with E-state index in [2.05, 4.69) is 5.32 Å². The van der Waals surface area contributed by atoms with Crippen molar-refractivity contribution < 1.29 is 18.4 Å². The highest BCUT2D eigenvalue weighted by atomic mass is 19.1. The van der Waals surface area contributed by atoms with E-state index in [0.717, 1.165) is 27.8 Å². The zero-order chi connectivity index (χ0) is 20.1. The van der Waals surface area contributed by atoms with E-state index in [1.807, 2.05) is 39.0 Å². The van der Waals surface area contributed by atoms with Crippen LogP contribution >= 0.6 is 0 Å². The molecule has 0 radical (unpaired) electrons. The van der Waals surface area contributed by atoms with Gasteiger partial charge in [-0.05, 0) is 36.1 Å². The molecule has 0 unspecified atom stereocenters. The molecule has 27 heavy (non-hydrogen) atoms. The minimum Gasteiger partial charge on any atom is -0.326 e. The Morgan fingerprint density at radius 2 is 1.85 bits per heavy atom. The Hall–Kier alpha value is -2.76. The largest absolute Gasteiger partial charge is 0.326 e. The number of carbonyl (C=O) groups excluding carboxylic acids is 2. The highest BCUT2D eigenvalue weighted by Crippen LogP contribution is 2.27. The summed E-state index contributed by atoms with van der Waals surface area (Å²) in [6.45, 7) is 7.27. The quantitative estimate of drug-likeness (QED) is 0.791. The first-order chi connectivity index (χ1) is 12.7. The van der Waals surface area contributed by atoms with Crippen LogP contribution in [0.15, 0.2) is 36.4 Å². The smallest absolute Gasteiger partial charge is 0.226 e. The van der Waals surface area contributed by atoms with Crippen LogP contribution in [0.5, 0.6) is 0 Å². The first-order valence-corrected chi connectivity index (χ1v) is 8.83. The van der Waals surface area contributed by atoms with Crippen molar-refractivity contribution in [2.24, 2.45) is 0 Å². The maximum atomic E-state index is 14.0. The summed E-state index contributed by atoms with van der Waals surface area (Å²) in [5, 5.41) is 2.90. The summed E-state index contributed by atoms with van der Waals surface area (Å²) in [4.78, 5) is 25.5. The molecule has 0 spiro atoms. The lowest BCUT2D eigenvalue weighted by atomic mass is 9.98. The molecule has 0 bridgehead atoms. The van der Waals surface area contributed by atoms with Gasteiger partial charge in [-0.1, -0.05) is 32.0 Å². The van der Waals surface area contributed by atoms with Crippen LogP contribution in [0.25, 0.3) is 0 Å². The third-order valence-electron chi connectivity index (χ3n) is 4.33. The minimum atomic E-state index is -0.841. The predicted octanol–water partition coefficient (Wildman–Crippen LogP) is 4.78. The van der Waals surface area contributed by atoms with Crippen molar-refractivity contribution in [2.45, 2.75) is 40.0 Å². The highest BCUT2D eigenvalue weighted by molar-refractivity contribution is 5.95. The van der Waals surface area contributed by atoms with E-state index in [-0.39, 0.29) is 30.5 Å². The molecule has 2 aromatic carbocycles. The number of carbonyl (C=O) groups is 2. The fourth-order valence-corrected chi connectivity index (χ4v) is 2.91. The van der Waals surface area contributed by atoms with Crippen LogP contribution in [0.3, 0.4) is 0 Å². The summed E-state index contributed by atoms with van der Waals surface area (Å²) in [6, 6.07) is 8.81. The Morgan fingerprint density at radius 1 is 1.15 bits per heavy atom. The fourth-order valence-electron chi connectivity index (χ4n) is 2.91. The molecule has 144 valence electrons. The minimum absolute atomic E-state index is 0.00733. The van der Waals surface area contributed by atoms with Crippen LogP contribution in [0.2, 0.25) is 0 Å². The van der Waals surface area contributed by atoms with Gasteiger partial charge in [0.25, 0.3) is 0 Å². The molecule has 0 aliphatic carbocycles. The van der Waals surface area contributed by atoms with Crippen molar-refractivity contribution in [2.75, 3.05) is 16.8 Å². The molecular formula is C21H24F2N2O2. The molecule has 2 amide bonds. The lowest BCUT2D eigenvalue weighted by Gasteiger charge is -2.22. The maximum Gasteiger partial charge on any atom is 0.226 e. The molecule has 6 heteroatoms. The summed E-state index contributed by atoms with van der Waals surface area (Å²) < 4.78 is 27.1. The molecule has 0 heterocycles. The SMILES string of the molecule is CC(=O)N(CCC(=O)Nc1c(C)cccc1C(C)C)c1ccc(F)cc1F. The Labute approximate surface area is 158 Å². The number of rotatable bonds is 6. The van der Waals surface area contributed by atoms with Gasteiger partial charge in [0.15, 0.2) is 0 Å². The van der Waals surface area contributed by atoms with Crippen molar-refractivity contribution >= 4 is 23.2 Å². The number of anilines is 2. The molecule has 4 nitrogen and oxygen atoms in total. The Bertz CT molecular complexity index is 850. The summed E-state index contributed by atoms with van der Waals surface area (Å²) in [6.07, 6.45) is -0.0116. The summed E-state index contributed by atoms with van der Waals surface area (Å²) in [7, 11) is 0. The second kappa shape index (κ2) is 8.75.